The minimum absolute atomic E-state index is 0.119. The number of anilines is 1. The highest BCUT2D eigenvalue weighted by Crippen LogP contribution is 2.43. The minimum atomic E-state index is -0.776. The van der Waals surface area contributed by atoms with E-state index in [1.165, 1.54) is 0 Å². The first kappa shape index (κ1) is 22.6. The van der Waals surface area contributed by atoms with E-state index in [1.807, 2.05) is 55.6 Å². The number of carbonyl (C=O) groups is 1. The highest BCUT2D eigenvalue weighted by Gasteiger charge is 2.43. The number of aromatic nitrogens is 3. The second-order valence-electron chi connectivity index (χ2n) is 9.13. The largest absolute Gasteiger partial charge is 0.507 e. The number of fused-ring (bicyclic) bond motifs is 1. The number of phenolic OH excluding ortho intramolecular Hbond substituents is 1. The van der Waals surface area contributed by atoms with Gasteiger partial charge in [-0.3, -0.25) is 4.98 Å². The van der Waals surface area contributed by atoms with Gasteiger partial charge in [0.15, 0.2) is 5.82 Å². The molecule has 2 unspecified atom stereocenters. The molecule has 1 aliphatic rings. The molecule has 2 aromatic heterocycles. The fraction of sp³-hybridized carbons (Fsp3) is 0.259. The van der Waals surface area contributed by atoms with Crippen LogP contribution in [0.5, 0.6) is 5.75 Å². The third-order valence-electron chi connectivity index (χ3n) is 6.69. The predicted octanol–water partition coefficient (Wildman–Crippen LogP) is 4.69. The van der Waals surface area contributed by atoms with Crippen LogP contribution in [-0.2, 0) is 10.3 Å². The molecule has 8 nitrogen and oxygen atoms in total. The number of para-hydroxylation sites is 1. The molecule has 0 aliphatic carbocycles. The van der Waals surface area contributed by atoms with Gasteiger partial charge in [0.25, 0.3) is 0 Å². The van der Waals surface area contributed by atoms with Crippen LogP contribution in [0.2, 0.25) is 0 Å². The summed E-state index contributed by atoms with van der Waals surface area (Å²) in [6.45, 7) is 4.69. The fourth-order valence-electron chi connectivity index (χ4n) is 4.95. The van der Waals surface area contributed by atoms with Crippen molar-refractivity contribution in [1.29, 1.82) is 0 Å². The lowest BCUT2D eigenvalue weighted by atomic mass is 9.81. The number of pyridine rings is 1. The lowest BCUT2D eigenvalue weighted by Crippen LogP contribution is -2.53. The molecular weight excluding hydrogens is 442 g/mol. The summed E-state index contributed by atoms with van der Waals surface area (Å²) in [4.78, 5) is 27.9. The number of benzene rings is 2. The van der Waals surface area contributed by atoms with Gasteiger partial charge in [0.05, 0.1) is 16.6 Å². The zero-order chi connectivity index (χ0) is 24.6. The molecule has 3 N–H and O–H groups in total. The Labute approximate surface area is 203 Å². The van der Waals surface area contributed by atoms with E-state index in [4.69, 9.17) is 20.4 Å². The molecule has 1 saturated heterocycles. The zero-order valence-corrected chi connectivity index (χ0v) is 19.7. The number of phenols is 1. The monoisotopic (exact) mass is 469 g/mol. The second kappa shape index (κ2) is 8.87. The molecular formula is C27H27N5O3. The summed E-state index contributed by atoms with van der Waals surface area (Å²) in [6.07, 6.45) is 3.57. The molecule has 1 amide bonds. The number of primary amides is 1. The average molecular weight is 470 g/mol. The van der Waals surface area contributed by atoms with Crippen LogP contribution in [0.4, 0.5) is 10.6 Å². The first-order chi connectivity index (χ1) is 16.8. The number of nitrogens with zero attached hydrogens (tertiary/aromatic N) is 4. The molecule has 1 aliphatic heterocycles. The second-order valence-corrected chi connectivity index (χ2v) is 9.13. The summed E-state index contributed by atoms with van der Waals surface area (Å²) in [5, 5.41) is 11.4. The van der Waals surface area contributed by atoms with E-state index < -0.39 is 11.6 Å². The molecule has 3 heterocycles. The quantitative estimate of drug-likeness (QED) is 0.446. The van der Waals surface area contributed by atoms with Crippen molar-refractivity contribution in [2.75, 3.05) is 11.4 Å². The minimum Gasteiger partial charge on any atom is -0.507 e. The van der Waals surface area contributed by atoms with Crippen LogP contribution in [0.1, 0.15) is 30.9 Å². The average Bonchev–Trinajstić information content (AvgIpc) is 2.84. The Morgan fingerprint density at radius 2 is 2.00 bits per heavy atom. The molecule has 2 aromatic carbocycles. The van der Waals surface area contributed by atoms with Gasteiger partial charge >= 0.3 is 6.09 Å². The normalized spacial score (nSPS) is 20.1. The Bertz CT molecular complexity index is 1390. The number of aromatic hydroxyl groups is 1. The van der Waals surface area contributed by atoms with Gasteiger partial charge in [0.2, 0.25) is 0 Å². The van der Waals surface area contributed by atoms with Crippen LogP contribution in [-0.4, -0.2) is 38.8 Å². The molecule has 4 aromatic rings. The van der Waals surface area contributed by atoms with E-state index in [2.05, 4.69) is 16.8 Å². The molecule has 8 heteroatoms. The number of nitrogens with two attached hydrogens (primary N) is 1. The summed E-state index contributed by atoms with van der Waals surface area (Å²) in [7, 11) is 0. The first-order valence-corrected chi connectivity index (χ1v) is 11.6. The fourth-order valence-corrected chi connectivity index (χ4v) is 4.95. The number of hydrogen-bond donors (Lipinski definition) is 2. The molecule has 0 radical (unpaired) electrons. The van der Waals surface area contributed by atoms with Crippen LogP contribution < -0.4 is 10.6 Å². The maximum Gasteiger partial charge on any atom is 0.404 e. The number of carbonyl (C=O) groups excluding carboxylic acids is 1. The molecule has 5 rings (SSSR count). The van der Waals surface area contributed by atoms with Gasteiger partial charge in [-0.1, -0.05) is 24.3 Å². The molecule has 2 atom stereocenters. The summed E-state index contributed by atoms with van der Waals surface area (Å²) in [5.41, 5.74) is 8.17. The van der Waals surface area contributed by atoms with E-state index in [0.717, 1.165) is 27.8 Å². The Kier molecular flexibility index (Phi) is 5.72. The van der Waals surface area contributed by atoms with Crippen LogP contribution in [0.25, 0.3) is 22.3 Å². The van der Waals surface area contributed by atoms with Crippen LogP contribution in [0.3, 0.4) is 0 Å². The Morgan fingerprint density at radius 1 is 1.17 bits per heavy atom. The smallest absolute Gasteiger partial charge is 0.404 e. The van der Waals surface area contributed by atoms with E-state index in [9.17, 15) is 9.90 Å². The third-order valence-corrected chi connectivity index (χ3v) is 6.69. The number of piperidine rings is 1. The predicted molar refractivity (Wildman–Crippen MR) is 134 cm³/mol. The molecule has 35 heavy (non-hydrogen) atoms. The van der Waals surface area contributed by atoms with Crippen molar-refractivity contribution in [1.82, 2.24) is 15.0 Å². The number of amides is 1. The van der Waals surface area contributed by atoms with Crippen molar-refractivity contribution >= 4 is 22.8 Å². The summed E-state index contributed by atoms with van der Waals surface area (Å²) >= 11 is 0. The number of rotatable bonds is 4. The highest BCUT2D eigenvalue weighted by molar-refractivity contribution is 5.92. The van der Waals surface area contributed by atoms with E-state index in [0.29, 0.717) is 30.8 Å². The van der Waals surface area contributed by atoms with Crippen molar-refractivity contribution < 1.29 is 14.6 Å². The van der Waals surface area contributed by atoms with Crippen molar-refractivity contribution in [2.24, 2.45) is 5.73 Å². The highest BCUT2D eigenvalue weighted by atomic mass is 16.6. The van der Waals surface area contributed by atoms with E-state index >= 15 is 0 Å². The molecule has 0 bridgehead atoms. The van der Waals surface area contributed by atoms with Crippen molar-refractivity contribution in [3.05, 3.63) is 78.1 Å². The van der Waals surface area contributed by atoms with Crippen LogP contribution >= 0.6 is 0 Å². The Morgan fingerprint density at radius 3 is 2.74 bits per heavy atom. The van der Waals surface area contributed by atoms with Gasteiger partial charge < -0.3 is 20.5 Å². The standard InChI is InChI=1S/C27H27N5O3/c1-17-9-10-20-22(14-17)30-24(21-7-3-4-8-23(21)33)31-25(20)32-13-11-19(35-26(28)34)15-27(32,2)18-6-5-12-29-16-18/h3-10,12,14,16,19,33H,11,13,15H2,1-2H3,(H2,28,34). The van der Waals surface area contributed by atoms with Crippen molar-refractivity contribution in [3.63, 3.8) is 0 Å². The van der Waals surface area contributed by atoms with Crippen molar-refractivity contribution in [2.45, 2.75) is 38.3 Å². The summed E-state index contributed by atoms with van der Waals surface area (Å²) in [6, 6.07) is 17.1. The summed E-state index contributed by atoms with van der Waals surface area (Å²) in [5.74, 6) is 1.31. The van der Waals surface area contributed by atoms with Gasteiger partial charge in [-0.05, 0) is 55.3 Å². The maximum atomic E-state index is 11.5. The lowest BCUT2D eigenvalue weighted by Gasteiger charge is -2.48. The van der Waals surface area contributed by atoms with Gasteiger partial charge in [0, 0.05) is 37.2 Å². The first-order valence-electron chi connectivity index (χ1n) is 11.6. The SMILES string of the molecule is Cc1ccc2c(N3CCC(OC(N)=O)CC3(C)c3cccnc3)nc(-c3ccccc3O)nc2c1. The zero-order valence-electron chi connectivity index (χ0n) is 19.7. The molecule has 178 valence electrons. The number of ether oxygens (including phenoxy) is 1. The van der Waals surface area contributed by atoms with E-state index in [-0.39, 0.29) is 11.9 Å². The van der Waals surface area contributed by atoms with Gasteiger partial charge in [-0.15, -0.1) is 0 Å². The third kappa shape index (κ3) is 4.23. The van der Waals surface area contributed by atoms with Crippen molar-refractivity contribution in [3.8, 4) is 17.1 Å². The van der Waals surface area contributed by atoms with Gasteiger partial charge in [-0.2, -0.15) is 0 Å². The van der Waals surface area contributed by atoms with Gasteiger partial charge in [-0.25, -0.2) is 14.8 Å². The Balaban J connectivity index is 1.71. The van der Waals surface area contributed by atoms with Crippen LogP contribution in [0.15, 0.2) is 67.0 Å². The summed E-state index contributed by atoms with van der Waals surface area (Å²) < 4.78 is 5.43. The lowest BCUT2D eigenvalue weighted by molar-refractivity contribution is 0.0662. The number of hydrogen-bond acceptors (Lipinski definition) is 7. The topological polar surface area (TPSA) is 114 Å². The maximum absolute atomic E-state index is 11.5. The Hall–Kier alpha value is -4.20. The van der Waals surface area contributed by atoms with Crippen LogP contribution in [0, 0.1) is 6.92 Å². The molecule has 0 saturated carbocycles. The van der Waals surface area contributed by atoms with Gasteiger partial charge in [0.1, 0.15) is 17.7 Å². The molecule has 0 spiro atoms. The molecule has 1 fully saturated rings. The number of aryl methyl sites for hydroxylation is 1. The van der Waals surface area contributed by atoms with E-state index in [1.54, 1.807) is 18.3 Å².